The largest absolute Gasteiger partial charge is 0.325 e. The highest BCUT2D eigenvalue weighted by Crippen LogP contribution is 2.30. The van der Waals surface area contributed by atoms with E-state index < -0.39 is 0 Å². The van der Waals surface area contributed by atoms with E-state index in [1.165, 1.54) is 0 Å². The molecule has 0 radical (unpaired) electrons. The number of carbonyl (C=O) groups excluding carboxylic acids is 1. The van der Waals surface area contributed by atoms with E-state index in [0.29, 0.717) is 0 Å². The summed E-state index contributed by atoms with van der Waals surface area (Å²) in [5.74, 6) is 0.147. The molecule has 0 bridgehead atoms. The molecule has 1 aromatic rings. The average Bonchev–Trinajstić information content (AvgIpc) is 2.33. The summed E-state index contributed by atoms with van der Waals surface area (Å²) >= 11 is 0. The van der Waals surface area contributed by atoms with Crippen molar-refractivity contribution >= 4 is 24.0 Å². The van der Waals surface area contributed by atoms with Crippen molar-refractivity contribution in [1.29, 1.82) is 0 Å². The summed E-state index contributed by atoms with van der Waals surface area (Å²) in [5, 5.41) is 6.34. The van der Waals surface area contributed by atoms with Crippen molar-refractivity contribution in [1.82, 2.24) is 5.32 Å². The zero-order valence-electron chi connectivity index (χ0n) is 11.0. The summed E-state index contributed by atoms with van der Waals surface area (Å²) in [7, 11) is 0. The Bertz CT molecular complexity index is 414. The first-order valence-electron chi connectivity index (χ1n) is 6.20. The molecule has 18 heavy (non-hydrogen) atoms. The van der Waals surface area contributed by atoms with Crippen molar-refractivity contribution in [3.63, 3.8) is 0 Å². The first-order chi connectivity index (χ1) is 8.12. The van der Waals surface area contributed by atoms with Crippen LogP contribution in [0.1, 0.15) is 25.3 Å². The highest BCUT2D eigenvalue weighted by atomic mass is 35.5. The molecule has 1 aromatic carbocycles. The van der Waals surface area contributed by atoms with Gasteiger partial charge in [-0.15, -0.1) is 12.4 Å². The minimum atomic E-state index is -0.229. The average molecular weight is 269 g/mol. The third-order valence-corrected chi connectivity index (χ3v) is 3.65. The number of hydrogen-bond acceptors (Lipinski definition) is 2. The number of hydrogen-bond donors (Lipinski definition) is 2. The number of rotatable bonds is 2. The summed E-state index contributed by atoms with van der Waals surface area (Å²) < 4.78 is 0. The minimum Gasteiger partial charge on any atom is -0.325 e. The molecule has 1 saturated heterocycles. The molecular weight excluding hydrogens is 248 g/mol. The molecule has 1 amide bonds. The fourth-order valence-corrected chi connectivity index (χ4v) is 2.19. The predicted molar refractivity (Wildman–Crippen MR) is 77.3 cm³/mol. The third-order valence-electron chi connectivity index (χ3n) is 3.65. The van der Waals surface area contributed by atoms with Crippen LogP contribution in [0.4, 0.5) is 5.69 Å². The summed E-state index contributed by atoms with van der Waals surface area (Å²) in [5.41, 5.74) is 1.81. The van der Waals surface area contributed by atoms with E-state index in [1.54, 1.807) is 0 Å². The van der Waals surface area contributed by atoms with Crippen molar-refractivity contribution in [3.05, 3.63) is 29.8 Å². The topological polar surface area (TPSA) is 41.1 Å². The predicted octanol–water partition coefficient (Wildman–Crippen LogP) is 2.75. The quantitative estimate of drug-likeness (QED) is 0.866. The molecule has 3 nitrogen and oxygen atoms in total. The van der Waals surface area contributed by atoms with Crippen LogP contribution in [-0.4, -0.2) is 19.0 Å². The highest BCUT2D eigenvalue weighted by molar-refractivity contribution is 5.95. The number of carbonyl (C=O) groups is 1. The molecule has 4 heteroatoms. The van der Waals surface area contributed by atoms with E-state index in [0.717, 1.165) is 37.2 Å². The van der Waals surface area contributed by atoms with Crippen LogP contribution < -0.4 is 10.6 Å². The van der Waals surface area contributed by atoms with E-state index in [1.807, 2.05) is 31.2 Å². The lowest BCUT2D eigenvalue weighted by Gasteiger charge is -2.32. The standard InChI is InChI=1S/C14H20N2O.ClH/c1-11-5-3-4-6-12(11)16-13(17)14(2)7-9-15-10-8-14;/h3-6,15H,7-10H2,1-2H3,(H,16,17);1H. The Balaban J connectivity index is 0.00000162. The Labute approximate surface area is 115 Å². The van der Waals surface area contributed by atoms with Crippen LogP contribution in [0.25, 0.3) is 0 Å². The number of halogens is 1. The second kappa shape index (κ2) is 6.21. The van der Waals surface area contributed by atoms with Crippen LogP contribution in [0, 0.1) is 12.3 Å². The normalized spacial score (nSPS) is 17.7. The van der Waals surface area contributed by atoms with Gasteiger partial charge in [0.25, 0.3) is 0 Å². The maximum Gasteiger partial charge on any atom is 0.230 e. The maximum absolute atomic E-state index is 12.3. The van der Waals surface area contributed by atoms with Crippen LogP contribution in [0.3, 0.4) is 0 Å². The molecule has 0 spiro atoms. The maximum atomic E-state index is 12.3. The molecular formula is C14H21ClN2O. The van der Waals surface area contributed by atoms with Gasteiger partial charge >= 0.3 is 0 Å². The van der Waals surface area contributed by atoms with Crippen LogP contribution in [-0.2, 0) is 4.79 Å². The van der Waals surface area contributed by atoms with Gasteiger partial charge in [-0.2, -0.15) is 0 Å². The second-order valence-corrected chi connectivity index (χ2v) is 5.08. The number of anilines is 1. The van der Waals surface area contributed by atoms with Crippen molar-refractivity contribution in [2.75, 3.05) is 18.4 Å². The number of amides is 1. The number of para-hydroxylation sites is 1. The van der Waals surface area contributed by atoms with Gasteiger partial charge in [-0.1, -0.05) is 25.1 Å². The molecule has 100 valence electrons. The van der Waals surface area contributed by atoms with Crippen LogP contribution in [0.15, 0.2) is 24.3 Å². The minimum absolute atomic E-state index is 0. The van der Waals surface area contributed by atoms with E-state index in [4.69, 9.17) is 0 Å². The molecule has 1 heterocycles. The Morgan fingerprint density at radius 1 is 1.28 bits per heavy atom. The Kier molecular flexibility index (Phi) is 5.17. The lowest BCUT2D eigenvalue weighted by atomic mass is 9.80. The summed E-state index contributed by atoms with van der Waals surface area (Å²) in [4.78, 5) is 12.3. The van der Waals surface area contributed by atoms with Crippen molar-refractivity contribution in [2.24, 2.45) is 5.41 Å². The van der Waals surface area contributed by atoms with Gasteiger partial charge in [0.2, 0.25) is 5.91 Å². The van der Waals surface area contributed by atoms with Gasteiger partial charge in [-0.25, -0.2) is 0 Å². The van der Waals surface area contributed by atoms with Crippen molar-refractivity contribution in [2.45, 2.75) is 26.7 Å². The summed E-state index contributed by atoms with van der Waals surface area (Å²) in [6, 6.07) is 7.91. The van der Waals surface area contributed by atoms with Crippen LogP contribution in [0.5, 0.6) is 0 Å². The number of nitrogens with one attached hydrogen (secondary N) is 2. The SMILES string of the molecule is Cc1ccccc1NC(=O)C1(C)CCNCC1.Cl. The van der Waals surface area contributed by atoms with E-state index in [-0.39, 0.29) is 23.7 Å². The Morgan fingerprint density at radius 3 is 2.50 bits per heavy atom. The van der Waals surface area contributed by atoms with E-state index >= 15 is 0 Å². The Hall–Kier alpha value is -1.06. The summed E-state index contributed by atoms with van der Waals surface area (Å²) in [6.07, 6.45) is 1.81. The molecule has 0 unspecified atom stereocenters. The molecule has 2 rings (SSSR count). The molecule has 0 atom stereocenters. The fraction of sp³-hybridized carbons (Fsp3) is 0.500. The third kappa shape index (κ3) is 3.24. The van der Waals surface area contributed by atoms with Crippen LogP contribution in [0.2, 0.25) is 0 Å². The molecule has 1 aliphatic heterocycles. The zero-order valence-corrected chi connectivity index (χ0v) is 11.8. The lowest BCUT2D eigenvalue weighted by Crippen LogP contribution is -2.42. The van der Waals surface area contributed by atoms with E-state index in [2.05, 4.69) is 17.6 Å². The smallest absolute Gasteiger partial charge is 0.230 e. The van der Waals surface area contributed by atoms with Gasteiger partial charge in [0.1, 0.15) is 0 Å². The first-order valence-corrected chi connectivity index (χ1v) is 6.20. The second-order valence-electron chi connectivity index (χ2n) is 5.08. The molecule has 2 N–H and O–H groups in total. The van der Waals surface area contributed by atoms with Crippen molar-refractivity contribution < 1.29 is 4.79 Å². The first kappa shape index (κ1) is 15.0. The van der Waals surface area contributed by atoms with Gasteiger partial charge in [0, 0.05) is 11.1 Å². The molecule has 0 saturated carbocycles. The molecule has 0 aromatic heterocycles. The number of benzene rings is 1. The highest BCUT2D eigenvalue weighted by Gasteiger charge is 2.34. The lowest BCUT2D eigenvalue weighted by molar-refractivity contribution is -0.126. The molecule has 0 aliphatic carbocycles. The number of aryl methyl sites for hydroxylation is 1. The van der Waals surface area contributed by atoms with Gasteiger partial charge in [-0.3, -0.25) is 4.79 Å². The van der Waals surface area contributed by atoms with Gasteiger partial charge in [-0.05, 0) is 44.5 Å². The van der Waals surface area contributed by atoms with Crippen molar-refractivity contribution in [3.8, 4) is 0 Å². The Morgan fingerprint density at radius 2 is 1.89 bits per heavy atom. The molecule has 1 fully saturated rings. The molecule has 1 aliphatic rings. The van der Waals surface area contributed by atoms with Gasteiger partial charge in [0.05, 0.1) is 0 Å². The van der Waals surface area contributed by atoms with Gasteiger partial charge in [0.15, 0.2) is 0 Å². The summed E-state index contributed by atoms with van der Waals surface area (Å²) in [6.45, 7) is 5.93. The van der Waals surface area contributed by atoms with E-state index in [9.17, 15) is 4.79 Å². The monoisotopic (exact) mass is 268 g/mol. The van der Waals surface area contributed by atoms with Gasteiger partial charge < -0.3 is 10.6 Å². The fourth-order valence-electron chi connectivity index (χ4n) is 2.19. The number of piperidine rings is 1. The zero-order chi connectivity index (χ0) is 12.3. The van der Waals surface area contributed by atoms with Crippen LogP contribution >= 0.6 is 12.4 Å².